The van der Waals surface area contributed by atoms with Crippen molar-refractivity contribution in [3.8, 4) is 0 Å². The maximum Gasteiger partial charge on any atom is 0.428 e. The van der Waals surface area contributed by atoms with Gasteiger partial charge in [0.2, 0.25) is 0 Å². The summed E-state index contributed by atoms with van der Waals surface area (Å²) in [6, 6.07) is 0. The van der Waals surface area contributed by atoms with Gasteiger partial charge in [-0.2, -0.15) is 5.10 Å². The van der Waals surface area contributed by atoms with Gasteiger partial charge in [-0.1, -0.05) is 0 Å². The van der Waals surface area contributed by atoms with Crippen molar-refractivity contribution in [3.05, 3.63) is 0 Å². The number of carbonyl (C=O) groups is 1. The van der Waals surface area contributed by atoms with Crippen molar-refractivity contribution < 1.29 is 13.9 Å². The molecule has 4 nitrogen and oxygen atoms in total. The fourth-order valence-electron chi connectivity index (χ4n) is 1.33. The number of rotatable bonds is 1. The molecule has 0 bridgehead atoms. The monoisotopic (exact) mass is 216 g/mol. The molecular formula is C10H17FN2O2. The van der Waals surface area contributed by atoms with E-state index in [9.17, 15) is 9.18 Å². The summed E-state index contributed by atoms with van der Waals surface area (Å²) in [6.45, 7) is 5.27. The zero-order valence-electron chi connectivity index (χ0n) is 9.34. The highest BCUT2D eigenvalue weighted by Crippen LogP contribution is 2.18. The number of hydrogen-bond acceptors (Lipinski definition) is 3. The van der Waals surface area contributed by atoms with Gasteiger partial charge in [0.15, 0.2) is 0 Å². The van der Waals surface area contributed by atoms with Gasteiger partial charge in [0.25, 0.3) is 0 Å². The van der Waals surface area contributed by atoms with Gasteiger partial charge in [0, 0.05) is 0 Å². The average molecular weight is 216 g/mol. The molecule has 15 heavy (non-hydrogen) atoms. The molecule has 5 heteroatoms. The van der Waals surface area contributed by atoms with Crippen molar-refractivity contribution in [1.82, 2.24) is 5.43 Å². The zero-order chi connectivity index (χ0) is 11.5. The van der Waals surface area contributed by atoms with Crippen molar-refractivity contribution in [2.75, 3.05) is 0 Å². The third-order valence-corrected chi connectivity index (χ3v) is 1.94. The maximum atomic E-state index is 13.1. The fraction of sp³-hybridized carbons (Fsp3) is 0.800. The Bertz CT molecular complexity index is 271. The Morgan fingerprint density at radius 1 is 1.60 bits per heavy atom. The van der Waals surface area contributed by atoms with E-state index in [0.717, 1.165) is 6.42 Å². The number of halogens is 1. The molecule has 0 aromatic rings. The molecule has 1 rings (SSSR count). The van der Waals surface area contributed by atoms with Gasteiger partial charge in [-0.15, -0.1) is 0 Å². The van der Waals surface area contributed by atoms with Crippen LogP contribution >= 0.6 is 0 Å². The van der Waals surface area contributed by atoms with Crippen LogP contribution in [0.3, 0.4) is 0 Å². The predicted octanol–water partition coefficient (Wildman–Crippen LogP) is 2.39. The first-order chi connectivity index (χ1) is 6.88. The number of hydrazone groups is 1. The molecule has 0 radical (unpaired) electrons. The smallest absolute Gasteiger partial charge is 0.428 e. The van der Waals surface area contributed by atoms with Gasteiger partial charge < -0.3 is 4.74 Å². The van der Waals surface area contributed by atoms with Crippen LogP contribution in [-0.2, 0) is 4.74 Å². The molecule has 1 fully saturated rings. The van der Waals surface area contributed by atoms with E-state index in [0.29, 0.717) is 18.6 Å². The lowest BCUT2D eigenvalue weighted by Crippen LogP contribution is -2.30. The normalized spacial score (nSPS) is 24.3. The molecule has 0 aromatic heterocycles. The van der Waals surface area contributed by atoms with Crippen LogP contribution in [0.4, 0.5) is 9.18 Å². The number of hydrogen-bond donors (Lipinski definition) is 1. The molecule has 0 aromatic carbocycles. The second-order valence-corrected chi connectivity index (χ2v) is 4.58. The zero-order valence-corrected chi connectivity index (χ0v) is 9.34. The summed E-state index contributed by atoms with van der Waals surface area (Å²) in [6.07, 6.45) is 0.232. The molecule has 1 aliphatic carbocycles. The molecule has 1 amide bonds. The third-order valence-electron chi connectivity index (χ3n) is 1.94. The summed E-state index contributed by atoms with van der Waals surface area (Å²) in [7, 11) is 0. The highest BCUT2D eigenvalue weighted by atomic mass is 19.1. The van der Waals surface area contributed by atoms with Gasteiger partial charge in [0.05, 0.1) is 5.71 Å². The number of alkyl halides is 1. The standard InChI is InChI=1S/C10H17FN2O2/c1-10(2,3)15-9(14)13-12-8-6-4-5-7(8)11/h7H,4-6H2,1-3H3,(H,13,14). The summed E-state index contributed by atoms with van der Waals surface area (Å²) < 4.78 is 18.0. The summed E-state index contributed by atoms with van der Waals surface area (Å²) >= 11 is 0. The molecule has 0 saturated heterocycles. The second-order valence-electron chi connectivity index (χ2n) is 4.58. The summed E-state index contributed by atoms with van der Waals surface area (Å²) in [5.41, 5.74) is 2.04. The SMILES string of the molecule is CC(C)(C)OC(=O)NN=C1CCCC1F. The Morgan fingerprint density at radius 2 is 2.27 bits per heavy atom. The number of amides is 1. The second kappa shape index (κ2) is 4.59. The first-order valence-electron chi connectivity index (χ1n) is 5.08. The van der Waals surface area contributed by atoms with Crippen LogP contribution in [0.1, 0.15) is 40.0 Å². The molecule has 86 valence electrons. The van der Waals surface area contributed by atoms with Crippen molar-refractivity contribution in [3.63, 3.8) is 0 Å². The van der Waals surface area contributed by atoms with Gasteiger partial charge in [-0.25, -0.2) is 14.6 Å². The Balaban J connectivity index is 2.39. The van der Waals surface area contributed by atoms with Crippen LogP contribution in [0.5, 0.6) is 0 Å². The molecule has 1 saturated carbocycles. The van der Waals surface area contributed by atoms with Gasteiger partial charge >= 0.3 is 6.09 Å². The lowest BCUT2D eigenvalue weighted by atomic mass is 10.2. The summed E-state index contributed by atoms with van der Waals surface area (Å²) in [5.74, 6) is 0. The van der Waals surface area contributed by atoms with E-state index in [2.05, 4.69) is 10.5 Å². The van der Waals surface area contributed by atoms with Crippen molar-refractivity contribution in [2.45, 2.75) is 51.8 Å². The van der Waals surface area contributed by atoms with E-state index in [-0.39, 0.29) is 0 Å². The van der Waals surface area contributed by atoms with Crippen molar-refractivity contribution in [1.29, 1.82) is 0 Å². The molecule has 0 heterocycles. The first kappa shape index (κ1) is 11.9. The number of ether oxygens (including phenoxy) is 1. The fourth-order valence-corrected chi connectivity index (χ4v) is 1.33. The van der Waals surface area contributed by atoms with Crippen LogP contribution in [0.2, 0.25) is 0 Å². The highest BCUT2D eigenvalue weighted by molar-refractivity contribution is 5.91. The van der Waals surface area contributed by atoms with Crippen LogP contribution in [0, 0.1) is 0 Å². The summed E-state index contributed by atoms with van der Waals surface area (Å²) in [4.78, 5) is 11.2. The minimum Gasteiger partial charge on any atom is -0.443 e. The third kappa shape index (κ3) is 4.27. The quantitative estimate of drug-likeness (QED) is 0.684. The van der Waals surface area contributed by atoms with Crippen molar-refractivity contribution in [2.24, 2.45) is 5.10 Å². The van der Waals surface area contributed by atoms with Gasteiger partial charge in [-0.3, -0.25) is 0 Å². The Kier molecular flexibility index (Phi) is 3.66. The van der Waals surface area contributed by atoms with E-state index in [1.807, 2.05) is 0 Å². The van der Waals surface area contributed by atoms with Crippen LogP contribution < -0.4 is 5.43 Å². The van der Waals surface area contributed by atoms with Crippen LogP contribution in [0.25, 0.3) is 0 Å². The average Bonchev–Trinajstić information content (AvgIpc) is 2.44. The first-order valence-corrected chi connectivity index (χ1v) is 5.08. The largest absolute Gasteiger partial charge is 0.443 e. The number of carbonyl (C=O) groups excluding carboxylic acids is 1. The minimum absolute atomic E-state index is 0.404. The molecule has 1 atom stereocenters. The van der Waals surface area contributed by atoms with E-state index >= 15 is 0 Å². The van der Waals surface area contributed by atoms with E-state index in [4.69, 9.17) is 4.74 Å². The van der Waals surface area contributed by atoms with Crippen LogP contribution in [-0.4, -0.2) is 23.6 Å². The van der Waals surface area contributed by atoms with Gasteiger partial charge in [-0.05, 0) is 40.0 Å². The van der Waals surface area contributed by atoms with E-state index in [1.165, 1.54) is 0 Å². The molecule has 0 aliphatic heterocycles. The lowest BCUT2D eigenvalue weighted by molar-refractivity contribution is 0.0529. The number of nitrogens with one attached hydrogen (secondary N) is 1. The summed E-state index contributed by atoms with van der Waals surface area (Å²) in [5, 5.41) is 3.71. The van der Waals surface area contributed by atoms with Gasteiger partial charge in [0.1, 0.15) is 11.8 Å². The maximum absolute atomic E-state index is 13.1. The Labute approximate surface area is 88.9 Å². The topological polar surface area (TPSA) is 50.7 Å². The Morgan fingerprint density at radius 3 is 2.73 bits per heavy atom. The number of nitrogens with zero attached hydrogens (tertiary/aromatic N) is 1. The van der Waals surface area contributed by atoms with Crippen molar-refractivity contribution >= 4 is 11.8 Å². The molecule has 1 unspecified atom stereocenters. The Hall–Kier alpha value is -1.13. The van der Waals surface area contributed by atoms with E-state index < -0.39 is 17.9 Å². The lowest BCUT2D eigenvalue weighted by Gasteiger charge is -2.18. The predicted molar refractivity (Wildman–Crippen MR) is 55.6 cm³/mol. The van der Waals surface area contributed by atoms with E-state index in [1.54, 1.807) is 20.8 Å². The molecule has 0 spiro atoms. The highest BCUT2D eigenvalue weighted by Gasteiger charge is 2.22. The molecule has 1 aliphatic rings. The molecular weight excluding hydrogens is 199 g/mol. The molecule has 1 N–H and O–H groups in total. The van der Waals surface area contributed by atoms with Crippen LogP contribution in [0.15, 0.2) is 5.10 Å². The minimum atomic E-state index is -1.01.